The largest absolute Gasteiger partial charge is 0.367 e. The van der Waals surface area contributed by atoms with Gasteiger partial charge in [-0.05, 0) is 43.0 Å². The van der Waals surface area contributed by atoms with Crippen LogP contribution >= 0.6 is 27.3 Å². The topological polar surface area (TPSA) is 29.3 Å². The first-order valence-corrected chi connectivity index (χ1v) is 7.99. The molecule has 0 spiro atoms. The molecular weight excluding hydrogens is 320 g/mol. The average molecular weight is 339 g/mol. The molecule has 0 amide bonds. The van der Waals surface area contributed by atoms with Crippen molar-refractivity contribution in [2.45, 2.75) is 25.9 Å². The molecule has 2 atom stereocenters. The summed E-state index contributed by atoms with van der Waals surface area (Å²) in [5.74, 6) is 0. The van der Waals surface area contributed by atoms with E-state index in [0.717, 1.165) is 4.47 Å². The van der Waals surface area contributed by atoms with E-state index in [0.29, 0.717) is 6.04 Å². The second-order valence-corrected chi connectivity index (χ2v) is 6.69. The Morgan fingerprint density at radius 3 is 2.58 bits per heavy atom. The Labute approximate surface area is 127 Å². The molecule has 19 heavy (non-hydrogen) atoms. The molecule has 1 aromatic carbocycles. The number of halogens is 1. The highest BCUT2D eigenvalue weighted by molar-refractivity contribution is 9.10. The number of hydrogen-bond acceptors (Lipinski definition) is 3. The predicted molar refractivity (Wildman–Crippen MR) is 87.9 cm³/mol. The smallest absolute Gasteiger partial charge is 0.0603 e. The number of rotatable bonds is 4. The van der Waals surface area contributed by atoms with Crippen LogP contribution in [0.3, 0.4) is 0 Å². The number of nitrogens with zero attached hydrogens (tertiary/aromatic N) is 1. The summed E-state index contributed by atoms with van der Waals surface area (Å²) in [7, 11) is 2.12. The molecule has 2 nitrogen and oxygen atoms in total. The van der Waals surface area contributed by atoms with Crippen LogP contribution in [0.5, 0.6) is 0 Å². The lowest BCUT2D eigenvalue weighted by atomic mass is 10.0. The second-order valence-electron chi connectivity index (χ2n) is 4.79. The van der Waals surface area contributed by atoms with E-state index in [1.165, 1.54) is 16.1 Å². The van der Waals surface area contributed by atoms with E-state index in [1.807, 2.05) is 13.0 Å². The first-order chi connectivity index (χ1) is 9.00. The summed E-state index contributed by atoms with van der Waals surface area (Å²) in [6.45, 7) is 4.24. The third-order valence-electron chi connectivity index (χ3n) is 3.40. The van der Waals surface area contributed by atoms with Crippen LogP contribution < -0.4 is 10.6 Å². The zero-order valence-electron chi connectivity index (χ0n) is 11.4. The summed E-state index contributed by atoms with van der Waals surface area (Å²) in [4.78, 5) is 3.65. The van der Waals surface area contributed by atoms with Crippen molar-refractivity contribution in [3.05, 3.63) is 50.6 Å². The molecule has 102 valence electrons. The van der Waals surface area contributed by atoms with Crippen molar-refractivity contribution in [2.75, 3.05) is 11.9 Å². The van der Waals surface area contributed by atoms with Gasteiger partial charge in [-0.25, -0.2) is 0 Å². The second kappa shape index (κ2) is 6.07. The first kappa shape index (κ1) is 14.6. The molecule has 0 radical (unpaired) electrons. The lowest BCUT2D eigenvalue weighted by Gasteiger charge is -2.29. The zero-order valence-corrected chi connectivity index (χ0v) is 13.8. The fraction of sp³-hybridized carbons (Fsp3) is 0.333. The molecule has 0 aliphatic carbocycles. The average Bonchev–Trinajstić information content (AvgIpc) is 2.90. The highest BCUT2D eigenvalue weighted by Gasteiger charge is 2.17. The van der Waals surface area contributed by atoms with Crippen LogP contribution in [0, 0.1) is 0 Å². The van der Waals surface area contributed by atoms with Crippen LogP contribution in [0.2, 0.25) is 0 Å². The molecule has 2 unspecified atom stereocenters. The van der Waals surface area contributed by atoms with Crippen molar-refractivity contribution < 1.29 is 0 Å². The number of benzene rings is 1. The minimum absolute atomic E-state index is 0.0288. The van der Waals surface area contributed by atoms with E-state index < -0.39 is 0 Å². The summed E-state index contributed by atoms with van der Waals surface area (Å²) < 4.78 is 1.08. The summed E-state index contributed by atoms with van der Waals surface area (Å²) in [5, 5.41) is 2.12. The monoisotopic (exact) mass is 338 g/mol. The summed E-state index contributed by atoms with van der Waals surface area (Å²) in [5.41, 5.74) is 8.44. The van der Waals surface area contributed by atoms with Crippen LogP contribution in [0.4, 0.5) is 5.69 Å². The van der Waals surface area contributed by atoms with E-state index in [1.54, 1.807) is 11.3 Å². The van der Waals surface area contributed by atoms with E-state index in [2.05, 4.69) is 64.4 Å². The Bertz CT molecular complexity index is 537. The van der Waals surface area contributed by atoms with Crippen LogP contribution in [0.15, 0.2) is 40.2 Å². The molecule has 0 aliphatic heterocycles. The highest BCUT2D eigenvalue weighted by atomic mass is 79.9. The Morgan fingerprint density at radius 2 is 2.00 bits per heavy atom. The van der Waals surface area contributed by atoms with Crippen LogP contribution in [0.25, 0.3) is 0 Å². The van der Waals surface area contributed by atoms with Crippen LogP contribution in [-0.4, -0.2) is 7.05 Å². The van der Waals surface area contributed by atoms with Gasteiger partial charge in [0, 0.05) is 28.1 Å². The molecule has 0 saturated carbocycles. The van der Waals surface area contributed by atoms with Gasteiger partial charge in [-0.2, -0.15) is 0 Å². The van der Waals surface area contributed by atoms with Crippen molar-refractivity contribution >= 4 is 33.0 Å². The maximum atomic E-state index is 6.08. The van der Waals surface area contributed by atoms with Gasteiger partial charge < -0.3 is 10.6 Å². The van der Waals surface area contributed by atoms with E-state index in [4.69, 9.17) is 5.73 Å². The summed E-state index contributed by atoms with van der Waals surface area (Å²) in [6, 6.07) is 10.9. The lowest BCUT2D eigenvalue weighted by molar-refractivity contribution is 0.733. The van der Waals surface area contributed by atoms with E-state index in [9.17, 15) is 0 Å². The molecule has 2 N–H and O–H groups in total. The van der Waals surface area contributed by atoms with Gasteiger partial charge in [0.15, 0.2) is 0 Å². The van der Waals surface area contributed by atoms with Gasteiger partial charge in [0.1, 0.15) is 0 Å². The van der Waals surface area contributed by atoms with Crippen molar-refractivity contribution in [1.82, 2.24) is 0 Å². The van der Waals surface area contributed by atoms with E-state index >= 15 is 0 Å². The maximum Gasteiger partial charge on any atom is 0.0603 e. The zero-order chi connectivity index (χ0) is 14.0. The minimum atomic E-state index is 0.0288. The van der Waals surface area contributed by atoms with Gasteiger partial charge in [0.25, 0.3) is 0 Å². The Balaban J connectivity index is 2.37. The number of anilines is 1. The molecule has 1 aromatic heterocycles. The quantitative estimate of drug-likeness (QED) is 0.873. The van der Waals surface area contributed by atoms with Gasteiger partial charge >= 0.3 is 0 Å². The van der Waals surface area contributed by atoms with E-state index in [-0.39, 0.29) is 6.04 Å². The SMILES string of the molecule is CC(N)c1ccc(Br)cc1N(C)C(C)c1cccs1. The summed E-state index contributed by atoms with van der Waals surface area (Å²) >= 11 is 5.33. The third kappa shape index (κ3) is 3.19. The molecule has 0 saturated heterocycles. The molecule has 0 aliphatic rings. The third-order valence-corrected chi connectivity index (χ3v) is 4.93. The standard InChI is InChI=1S/C15H19BrN2S/c1-10(17)13-7-6-12(16)9-14(13)18(3)11(2)15-5-4-8-19-15/h4-11H,17H2,1-3H3. The molecule has 0 fully saturated rings. The highest BCUT2D eigenvalue weighted by Crippen LogP contribution is 2.34. The normalized spacial score (nSPS) is 14.2. The molecular formula is C15H19BrN2S. The van der Waals surface area contributed by atoms with Crippen LogP contribution in [0.1, 0.15) is 36.4 Å². The van der Waals surface area contributed by atoms with Gasteiger partial charge in [-0.15, -0.1) is 11.3 Å². The molecule has 1 heterocycles. The number of thiophene rings is 1. The molecule has 4 heteroatoms. The van der Waals surface area contributed by atoms with Gasteiger partial charge in [-0.1, -0.05) is 28.1 Å². The van der Waals surface area contributed by atoms with Gasteiger partial charge in [0.2, 0.25) is 0 Å². The molecule has 2 rings (SSSR count). The Morgan fingerprint density at radius 1 is 1.26 bits per heavy atom. The summed E-state index contributed by atoms with van der Waals surface area (Å²) in [6.07, 6.45) is 0. The fourth-order valence-corrected chi connectivity index (χ4v) is 3.31. The fourth-order valence-electron chi connectivity index (χ4n) is 2.14. The number of nitrogens with two attached hydrogens (primary N) is 1. The van der Waals surface area contributed by atoms with Crippen molar-refractivity contribution in [3.63, 3.8) is 0 Å². The van der Waals surface area contributed by atoms with Gasteiger partial charge in [-0.3, -0.25) is 0 Å². The van der Waals surface area contributed by atoms with Crippen molar-refractivity contribution in [1.29, 1.82) is 0 Å². The van der Waals surface area contributed by atoms with Gasteiger partial charge in [0.05, 0.1) is 6.04 Å². The molecule has 2 aromatic rings. The van der Waals surface area contributed by atoms with Crippen LogP contribution in [-0.2, 0) is 0 Å². The predicted octanol–water partition coefficient (Wildman–Crippen LogP) is 4.73. The van der Waals surface area contributed by atoms with Crippen molar-refractivity contribution in [2.24, 2.45) is 5.73 Å². The number of hydrogen-bond donors (Lipinski definition) is 1. The maximum absolute atomic E-state index is 6.08. The minimum Gasteiger partial charge on any atom is -0.367 e. The first-order valence-electron chi connectivity index (χ1n) is 6.32. The Kier molecular flexibility index (Phi) is 4.66. The lowest BCUT2D eigenvalue weighted by Crippen LogP contribution is -2.23. The van der Waals surface area contributed by atoms with Crippen molar-refractivity contribution in [3.8, 4) is 0 Å². The molecule has 0 bridgehead atoms. The Hall–Kier alpha value is -0.840.